The van der Waals surface area contributed by atoms with E-state index in [9.17, 15) is 27.6 Å². The Morgan fingerprint density at radius 1 is 0.964 bits per heavy atom. The molecule has 2 aromatic carbocycles. The van der Waals surface area contributed by atoms with E-state index in [4.69, 9.17) is 0 Å². The summed E-state index contributed by atoms with van der Waals surface area (Å²) in [7, 11) is 0. The molecule has 28 heavy (non-hydrogen) atoms. The van der Waals surface area contributed by atoms with Gasteiger partial charge in [0.05, 0.1) is 11.3 Å². The molecule has 3 rings (SSSR count). The molecule has 1 heterocycles. The molecule has 0 unspecified atom stereocenters. The van der Waals surface area contributed by atoms with E-state index in [1.54, 1.807) is 26.0 Å². The molecule has 1 fully saturated rings. The fraction of sp³-hybridized carbons (Fsp3) is 0.150. The van der Waals surface area contributed by atoms with Crippen molar-refractivity contribution >= 4 is 29.6 Å². The van der Waals surface area contributed by atoms with Crippen LogP contribution in [0.3, 0.4) is 0 Å². The summed E-state index contributed by atoms with van der Waals surface area (Å²) < 4.78 is 38.7. The zero-order valence-electron chi connectivity index (χ0n) is 14.9. The summed E-state index contributed by atoms with van der Waals surface area (Å²) in [6.45, 7) is 3.57. The van der Waals surface area contributed by atoms with Gasteiger partial charge in [0, 0.05) is 0 Å². The molecule has 0 spiro atoms. The summed E-state index contributed by atoms with van der Waals surface area (Å²) in [6.07, 6.45) is -3.52. The average molecular weight is 388 g/mol. The number of imide groups is 2. The van der Waals surface area contributed by atoms with Crippen molar-refractivity contribution in [2.45, 2.75) is 20.0 Å². The molecule has 0 saturated carbocycles. The lowest BCUT2D eigenvalue weighted by Crippen LogP contribution is -2.54. The highest BCUT2D eigenvalue weighted by Gasteiger charge is 2.37. The molecule has 1 aliphatic heterocycles. The number of rotatable bonds is 2. The van der Waals surface area contributed by atoms with E-state index in [1.165, 1.54) is 12.1 Å². The predicted molar refractivity (Wildman–Crippen MR) is 96.4 cm³/mol. The normalized spacial score (nSPS) is 16.5. The van der Waals surface area contributed by atoms with Gasteiger partial charge in [-0.3, -0.25) is 14.9 Å². The van der Waals surface area contributed by atoms with Gasteiger partial charge in [-0.2, -0.15) is 13.2 Å². The maximum absolute atomic E-state index is 12.9. The summed E-state index contributed by atoms with van der Waals surface area (Å²) in [6, 6.07) is 8.35. The lowest BCUT2D eigenvalue weighted by Gasteiger charge is -2.27. The molecule has 144 valence electrons. The van der Waals surface area contributed by atoms with Crippen molar-refractivity contribution in [3.8, 4) is 0 Å². The van der Waals surface area contributed by atoms with Crippen molar-refractivity contribution in [3.05, 3.63) is 70.3 Å². The van der Waals surface area contributed by atoms with E-state index >= 15 is 0 Å². The number of urea groups is 1. The van der Waals surface area contributed by atoms with Crippen LogP contribution in [-0.4, -0.2) is 17.8 Å². The zero-order chi connectivity index (χ0) is 20.6. The number of aryl methyl sites for hydroxylation is 2. The molecule has 0 aromatic heterocycles. The van der Waals surface area contributed by atoms with E-state index in [1.807, 2.05) is 11.4 Å². The van der Waals surface area contributed by atoms with E-state index in [2.05, 4.69) is 0 Å². The zero-order valence-corrected chi connectivity index (χ0v) is 14.9. The maximum atomic E-state index is 12.9. The van der Waals surface area contributed by atoms with E-state index in [0.717, 1.165) is 34.2 Å². The number of barbiturate groups is 1. The van der Waals surface area contributed by atoms with E-state index in [0.29, 0.717) is 0 Å². The molecular formula is C20H15F3N2O3. The highest BCUT2D eigenvalue weighted by atomic mass is 19.4. The predicted octanol–water partition coefficient (Wildman–Crippen LogP) is 3.99. The highest BCUT2D eigenvalue weighted by molar-refractivity contribution is 6.39. The number of nitrogens with one attached hydrogen (secondary N) is 1. The average Bonchev–Trinajstić information content (AvgIpc) is 2.57. The molecule has 1 aliphatic rings. The summed E-state index contributed by atoms with van der Waals surface area (Å²) in [5.74, 6) is -1.87. The molecule has 8 heteroatoms. The third-order valence-electron chi connectivity index (χ3n) is 4.09. The second-order valence-corrected chi connectivity index (χ2v) is 6.43. The first-order valence-electron chi connectivity index (χ1n) is 8.23. The van der Waals surface area contributed by atoms with Crippen LogP contribution in [0.1, 0.15) is 22.3 Å². The van der Waals surface area contributed by atoms with Gasteiger partial charge in [0.1, 0.15) is 5.57 Å². The first-order valence-corrected chi connectivity index (χ1v) is 8.23. The van der Waals surface area contributed by atoms with Gasteiger partial charge in [0.2, 0.25) is 0 Å². The number of amides is 4. The minimum atomic E-state index is -4.56. The summed E-state index contributed by atoms with van der Waals surface area (Å²) in [5.41, 5.74) is 0.545. The van der Waals surface area contributed by atoms with Crippen LogP contribution in [0.25, 0.3) is 6.08 Å². The van der Waals surface area contributed by atoms with Crippen LogP contribution in [0.5, 0.6) is 0 Å². The fourth-order valence-electron chi connectivity index (χ4n) is 2.94. The third-order valence-corrected chi connectivity index (χ3v) is 4.09. The Bertz CT molecular complexity index is 1010. The standard InChI is InChI=1S/C20H15F3N2O3/c1-11-6-12(2)8-15(7-11)25-18(27)16(17(26)24-19(25)28)10-13-4-3-5-14(9-13)20(21,22)23/h3-10H,1-2H3,(H,24,26,28)/b16-10+. The van der Waals surface area contributed by atoms with Crippen molar-refractivity contribution in [1.82, 2.24) is 5.32 Å². The number of halogens is 3. The Morgan fingerprint density at radius 3 is 2.21 bits per heavy atom. The SMILES string of the molecule is Cc1cc(C)cc(N2C(=O)NC(=O)/C(=C\c3cccc(C(F)(F)F)c3)C2=O)c1. The molecule has 4 amide bonds. The number of hydrogen-bond acceptors (Lipinski definition) is 3. The number of hydrogen-bond donors (Lipinski definition) is 1. The van der Waals surface area contributed by atoms with E-state index < -0.39 is 35.2 Å². The van der Waals surface area contributed by atoms with Crippen molar-refractivity contribution in [1.29, 1.82) is 0 Å². The number of alkyl halides is 3. The lowest BCUT2D eigenvalue weighted by molar-refractivity contribution is -0.137. The highest BCUT2D eigenvalue weighted by Crippen LogP contribution is 2.30. The van der Waals surface area contributed by atoms with Crippen LogP contribution >= 0.6 is 0 Å². The minimum Gasteiger partial charge on any atom is -0.273 e. The molecule has 0 aliphatic carbocycles. The van der Waals surface area contributed by atoms with Crippen LogP contribution in [0.4, 0.5) is 23.7 Å². The molecule has 1 N–H and O–H groups in total. The molecule has 5 nitrogen and oxygen atoms in total. The van der Waals surface area contributed by atoms with Crippen LogP contribution in [0.2, 0.25) is 0 Å². The van der Waals surface area contributed by atoms with Crippen LogP contribution in [0, 0.1) is 13.8 Å². The smallest absolute Gasteiger partial charge is 0.273 e. The van der Waals surface area contributed by atoms with Crippen molar-refractivity contribution in [2.24, 2.45) is 0 Å². The van der Waals surface area contributed by atoms with Gasteiger partial charge < -0.3 is 0 Å². The van der Waals surface area contributed by atoms with Crippen LogP contribution in [0.15, 0.2) is 48.0 Å². The van der Waals surface area contributed by atoms with Gasteiger partial charge in [0.25, 0.3) is 11.8 Å². The fourth-order valence-corrected chi connectivity index (χ4v) is 2.94. The maximum Gasteiger partial charge on any atom is 0.416 e. The van der Waals surface area contributed by atoms with E-state index in [-0.39, 0.29) is 11.3 Å². The monoisotopic (exact) mass is 388 g/mol. The summed E-state index contributed by atoms with van der Waals surface area (Å²) in [4.78, 5) is 38.0. The molecule has 1 saturated heterocycles. The van der Waals surface area contributed by atoms with Crippen LogP contribution < -0.4 is 10.2 Å². The Morgan fingerprint density at radius 2 is 1.61 bits per heavy atom. The molecular weight excluding hydrogens is 373 g/mol. The Hall–Kier alpha value is -3.42. The lowest BCUT2D eigenvalue weighted by atomic mass is 10.0. The Balaban J connectivity index is 2.04. The second-order valence-electron chi connectivity index (χ2n) is 6.43. The van der Waals surface area contributed by atoms with Gasteiger partial charge >= 0.3 is 12.2 Å². The van der Waals surface area contributed by atoms with Crippen molar-refractivity contribution in [3.63, 3.8) is 0 Å². The number of anilines is 1. The van der Waals surface area contributed by atoms with Gasteiger partial charge in [-0.1, -0.05) is 18.2 Å². The molecule has 0 bridgehead atoms. The van der Waals surface area contributed by atoms with Gasteiger partial charge in [-0.05, 0) is 60.9 Å². The Kier molecular flexibility index (Phi) is 4.80. The van der Waals surface area contributed by atoms with Gasteiger partial charge in [0.15, 0.2) is 0 Å². The summed E-state index contributed by atoms with van der Waals surface area (Å²) in [5, 5.41) is 2.05. The second kappa shape index (κ2) is 6.95. The minimum absolute atomic E-state index is 0.0167. The molecule has 0 radical (unpaired) electrons. The number of benzene rings is 2. The number of nitrogens with zero attached hydrogens (tertiary/aromatic N) is 1. The van der Waals surface area contributed by atoms with Gasteiger partial charge in [-0.15, -0.1) is 0 Å². The van der Waals surface area contributed by atoms with Crippen molar-refractivity contribution in [2.75, 3.05) is 4.90 Å². The third kappa shape index (κ3) is 3.80. The topological polar surface area (TPSA) is 66.5 Å². The Labute approximate surface area is 158 Å². The quantitative estimate of drug-likeness (QED) is 0.625. The van der Waals surface area contributed by atoms with Crippen molar-refractivity contribution < 1.29 is 27.6 Å². The number of carbonyl (C=O) groups is 3. The largest absolute Gasteiger partial charge is 0.416 e. The molecule has 0 atom stereocenters. The first kappa shape index (κ1) is 19.3. The van der Waals surface area contributed by atoms with Gasteiger partial charge in [-0.25, -0.2) is 9.69 Å². The molecule has 2 aromatic rings. The first-order chi connectivity index (χ1) is 13.1. The van der Waals surface area contributed by atoms with Crippen LogP contribution in [-0.2, 0) is 15.8 Å². The summed E-state index contributed by atoms with van der Waals surface area (Å²) >= 11 is 0. The number of carbonyl (C=O) groups excluding carboxylic acids is 3.